The number of unbranched alkanes of at least 4 members (excludes halogenated alkanes) is 8. The summed E-state index contributed by atoms with van der Waals surface area (Å²) in [6.45, 7) is 10.6. The molecule has 81 heavy (non-hydrogen) atoms. The van der Waals surface area contributed by atoms with Crippen LogP contribution < -0.4 is 0 Å². The van der Waals surface area contributed by atoms with Crippen molar-refractivity contribution in [2.45, 2.75) is 151 Å². The monoisotopic (exact) mass is 1370 g/mol. The average molecular weight is 1370 g/mol. The molecule has 0 atom stereocenters. The minimum Gasteiger partial charge on any atom is -0.412 e. The molecule has 0 bridgehead atoms. The Morgan fingerprint density at radius 1 is 0.247 bits per heavy atom. The summed E-state index contributed by atoms with van der Waals surface area (Å²) in [5, 5.41) is 25.4. The molecule has 0 aromatic heterocycles. The summed E-state index contributed by atoms with van der Waals surface area (Å²) in [5.41, 5.74) is 0. The highest BCUT2D eigenvalue weighted by Crippen LogP contribution is 2.71. The molecule has 0 aliphatic heterocycles. The van der Waals surface area contributed by atoms with Gasteiger partial charge in [-0.3, -0.25) is 36.5 Å². The van der Waals surface area contributed by atoms with Crippen molar-refractivity contribution in [3.63, 3.8) is 0 Å². The molecule has 37 nitrogen and oxygen atoms in total. The standard InChI is InChI=1S/4C9H23NO7P2.5H2O/c4*1-3-4-5-7-10(2)8-6-9(11,18(12,13)14)19(15,16)17;;;;;/h4*11H,3-8H2,1-2H3,(H2,12,13,14)(H2,15,16,17);5*1H2. The van der Waals surface area contributed by atoms with Gasteiger partial charge in [-0.25, -0.2) is 0 Å². The average Bonchev–Trinajstić information content (AvgIpc) is 3.23. The Morgan fingerprint density at radius 3 is 0.444 bits per heavy atom. The van der Waals surface area contributed by atoms with Gasteiger partial charge in [0.2, 0.25) is 0 Å². The van der Waals surface area contributed by atoms with Gasteiger partial charge in [0, 0.05) is 51.9 Å². The molecule has 0 heterocycles. The summed E-state index contributed by atoms with van der Waals surface area (Å²) >= 11 is 0. The van der Waals surface area contributed by atoms with E-state index in [1.54, 1.807) is 47.8 Å². The molecule has 0 aromatic rings. The van der Waals surface area contributed by atoms with Crippen LogP contribution in [0.5, 0.6) is 0 Å². The van der Waals surface area contributed by atoms with E-state index in [9.17, 15) is 56.9 Å². The van der Waals surface area contributed by atoms with Crippen LogP contribution in [0, 0.1) is 0 Å². The molecule has 0 fully saturated rings. The van der Waals surface area contributed by atoms with Gasteiger partial charge in [-0.1, -0.05) is 79.1 Å². The zero-order chi connectivity index (χ0) is 61.3. The van der Waals surface area contributed by atoms with Crippen LogP contribution in [0.15, 0.2) is 0 Å². The van der Waals surface area contributed by atoms with Crippen molar-refractivity contribution < 1.29 is 163 Å². The van der Waals surface area contributed by atoms with Crippen LogP contribution in [-0.2, 0) is 36.5 Å². The van der Waals surface area contributed by atoms with Crippen molar-refractivity contribution in [3.05, 3.63) is 0 Å². The molecule has 0 saturated carbocycles. The Bertz CT molecular complexity index is 1650. The maximum atomic E-state index is 11.1. The first kappa shape index (κ1) is 101. The lowest BCUT2D eigenvalue weighted by Gasteiger charge is -2.30. The smallest absolute Gasteiger partial charge is 0.369 e. The number of hydrogen-bond acceptors (Lipinski definition) is 16. The van der Waals surface area contributed by atoms with E-state index in [1.165, 1.54) is 0 Å². The van der Waals surface area contributed by atoms with E-state index in [-0.39, 0.29) is 53.6 Å². The second-order valence-corrected chi connectivity index (χ2v) is 34.5. The van der Waals surface area contributed by atoms with Gasteiger partial charge < -0.3 is 146 Å². The van der Waals surface area contributed by atoms with Crippen molar-refractivity contribution in [3.8, 4) is 0 Å². The third-order valence-electron chi connectivity index (χ3n) is 11.6. The van der Waals surface area contributed by atoms with Gasteiger partial charge in [0.15, 0.2) is 0 Å². The van der Waals surface area contributed by atoms with Crippen LogP contribution in [0.25, 0.3) is 0 Å². The minimum absolute atomic E-state index is 0. The molecule has 0 aromatic carbocycles. The molecule has 30 N–H and O–H groups in total. The number of nitrogens with zero attached hydrogens (tertiary/aromatic N) is 4. The fraction of sp³-hybridized carbons (Fsp3) is 1.00. The van der Waals surface area contributed by atoms with Gasteiger partial charge in [0.25, 0.3) is 20.3 Å². The summed E-state index contributed by atoms with van der Waals surface area (Å²) in [5.74, 6) is 0. The molecule has 0 amide bonds. The molecule has 504 valence electrons. The zero-order valence-electron chi connectivity index (χ0n) is 47.0. The molecule has 0 aliphatic rings. The first-order valence-corrected chi connectivity index (χ1v) is 36.8. The summed E-state index contributed by atoms with van der Waals surface area (Å²) in [6, 6.07) is 0. The van der Waals surface area contributed by atoms with Crippen LogP contribution in [0.1, 0.15) is 130 Å². The Hall–Kier alpha value is 0.680. The van der Waals surface area contributed by atoms with Crippen molar-refractivity contribution in [2.75, 3.05) is 80.5 Å². The number of aliphatic hydroxyl groups is 4. The Balaban J connectivity index is -0.000000119. The quantitative estimate of drug-likeness (QED) is 0.0235. The summed E-state index contributed by atoms with van der Waals surface area (Å²) in [4.78, 5) is 150. The fourth-order valence-corrected chi connectivity index (χ4v) is 14.7. The SMILES string of the molecule is CCCCCN(C)CCC(O)(P(=O)(O)O)P(=O)(O)O.CCCCCN(C)CCC(O)(P(=O)(O)O)P(=O)(O)O.CCCCCN(C)CCC(O)(P(=O)(O)O)P(=O)(O)O.CCCCCN(C)CCC(O)(P(=O)(O)O)P(=O)(O)O.O.O.O.O.O. The largest absolute Gasteiger partial charge is 0.412 e. The van der Waals surface area contributed by atoms with Crippen LogP contribution in [0.4, 0.5) is 0 Å². The Morgan fingerprint density at radius 2 is 0.358 bits per heavy atom. The number of hydrogen-bond donors (Lipinski definition) is 20. The van der Waals surface area contributed by atoms with Crippen molar-refractivity contribution in [2.24, 2.45) is 0 Å². The molecular formula is C36H102N4O33P8. The van der Waals surface area contributed by atoms with Gasteiger partial charge in [0.05, 0.1) is 0 Å². The molecule has 45 heteroatoms. The highest BCUT2D eigenvalue weighted by atomic mass is 31.3. The molecule has 0 unspecified atom stereocenters. The van der Waals surface area contributed by atoms with Gasteiger partial charge in [-0.05, 0) is 80.1 Å². The van der Waals surface area contributed by atoms with Crippen LogP contribution in [-0.4, -0.2) is 247 Å². The third kappa shape index (κ3) is 36.7. The van der Waals surface area contributed by atoms with E-state index in [2.05, 4.69) is 0 Å². The predicted molar refractivity (Wildman–Crippen MR) is 301 cm³/mol. The maximum absolute atomic E-state index is 11.1. The van der Waals surface area contributed by atoms with Crippen LogP contribution >= 0.6 is 60.8 Å². The van der Waals surface area contributed by atoms with E-state index in [0.717, 1.165) is 77.0 Å². The minimum atomic E-state index is -5.33. The second-order valence-electron chi connectivity index (χ2n) is 18.5. The first-order chi connectivity index (χ1) is 33.8. The lowest BCUT2D eigenvalue weighted by molar-refractivity contribution is 0.111. The van der Waals surface area contributed by atoms with E-state index < -0.39 is 107 Å². The molecule has 0 aliphatic carbocycles. The van der Waals surface area contributed by atoms with E-state index in [4.69, 9.17) is 78.3 Å². The molecule has 0 spiro atoms. The van der Waals surface area contributed by atoms with E-state index in [1.807, 2.05) is 27.7 Å². The molecular weight excluding hydrogens is 1260 g/mol. The lowest BCUT2D eigenvalue weighted by atomic mass is 10.2. The molecule has 0 saturated heterocycles. The molecule has 0 radical (unpaired) electrons. The highest BCUT2D eigenvalue weighted by molar-refractivity contribution is 7.73. The van der Waals surface area contributed by atoms with Gasteiger partial charge in [-0.15, -0.1) is 0 Å². The highest BCUT2D eigenvalue weighted by Gasteiger charge is 2.61. The molecule has 0 rings (SSSR count). The van der Waals surface area contributed by atoms with E-state index in [0.29, 0.717) is 26.2 Å². The van der Waals surface area contributed by atoms with Crippen molar-refractivity contribution in [1.82, 2.24) is 19.6 Å². The second kappa shape index (κ2) is 43.4. The normalized spacial score (nSPS) is 13.2. The Labute approximate surface area is 473 Å². The predicted octanol–water partition coefficient (Wildman–Crippen LogP) is -2.12. The summed E-state index contributed by atoms with van der Waals surface area (Å²) in [6.07, 6.45) is 8.76. The van der Waals surface area contributed by atoms with Crippen molar-refractivity contribution >= 4 is 60.8 Å². The van der Waals surface area contributed by atoms with Crippen LogP contribution in [0.3, 0.4) is 0 Å². The zero-order valence-corrected chi connectivity index (χ0v) is 54.2. The van der Waals surface area contributed by atoms with Gasteiger partial charge in [-0.2, -0.15) is 0 Å². The maximum Gasteiger partial charge on any atom is 0.369 e. The van der Waals surface area contributed by atoms with Gasteiger partial charge in [0.1, 0.15) is 0 Å². The summed E-state index contributed by atoms with van der Waals surface area (Å²) in [7, 11) is -36.0. The van der Waals surface area contributed by atoms with Gasteiger partial charge >= 0.3 is 60.8 Å². The lowest BCUT2D eigenvalue weighted by Crippen LogP contribution is -2.34. The first-order valence-electron chi connectivity index (χ1n) is 23.9. The third-order valence-corrected chi connectivity index (χ3v) is 27.1. The number of rotatable bonds is 36. The summed E-state index contributed by atoms with van der Waals surface area (Å²) < 4.78 is 88.9. The fourth-order valence-electron chi connectivity index (χ4n) is 6.18. The van der Waals surface area contributed by atoms with Crippen molar-refractivity contribution in [1.29, 1.82) is 0 Å². The van der Waals surface area contributed by atoms with E-state index >= 15 is 0 Å². The topological polar surface area (TPSA) is 712 Å². The Kier molecular flexibility index (Phi) is 53.9. The van der Waals surface area contributed by atoms with Crippen LogP contribution in [0.2, 0.25) is 0 Å².